The molecule has 0 N–H and O–H groups in total. The van der Waals surface area contributed by atoms with Crippen LogP contribution in [0, 0.1) is 17.2 Å². The first-order chi connectivity index (χ1) is 5.79. The lowest BCUT2D eigenvalue weighted by Gasteiger charge is -2.01. The number of hydrogen-bond donors (Lipinski definition) is 0. The van der Waals surface area contributed by atoms with Gasteiger partial charge in [0.2, 0.25) is 0 Å². The lowest BCUT2D eigenvalue weighted by atomic mass is 9.99. The number of Topliss-reactive ketones (excluding diaryl/α,β-unsaturated/α-hetero) is 1. The van der Waals surface area contributed by atoms with Gasteiger partial charge in [-0.15, -0.1) is 0 Å². The Labute approximate surface area is 75.5 Å². The monoisotopic (exact) mass is 179 g/mol. The number of rotatable bonds is 3. The van der Waals surface area contributed by atoms with Gasteiger partial charge < -0.3 is 0 Å². The van der Waals surface area contributed by atoms with E-state index in [1.54, 1.807) is 11.4 Å². The Morgan fingerprint density at radius 3 is 3.00 bits per heavy atom. The van der Waals surface area contributed by atoms with Crippen molar-refractivity contribution in [3.05, 3.63) is 22.4 Å². The fourth-order valence-corrected chi connectivity index (χ4v) is 1.59. The summed E-state index contributed by atoms with van der Waals surface area (Å²) in [5, 5.41) is 12.3. The van der Waals surface area contributed by atoms with Gasteiger partial charge in [-0.1, -0.05) is 6.92 Å². The number of hydrogen-bond acceptors (Lipinski definition) is 3. The molecule has 0 aliphatic rings. The van der Waals surface area contributed by atoms with Crippen LogP contribution in [-0.2, 0) is 0 Å². The second-order valence-electron chi connectivity index (χ2n) is 2.47. The Bertz CT molecular complexity index is 297. The first kappa shape index (κ1) is 8.95. The second-order valence-corrected chi connectivity index (χ2v) is 3.25. The lowest BCUT2D eigenvalue weighted by molar-refractivity contribution is 0.0947. The third-order valence-corrected chi connectivity index (χ3v) is 2.37. The van der Waals surface area contributed by atoms with Crippen molar-refractivity contribution in [3.63, 3.8) is 0 Å². The second kappa shape index (κ2) is 4.03. The van der Waals surface area contributed by atoms with Crippen LogP contribution < -0.4 is 0 Å². The Kier molecular flexibility index (Phi) is 3.01. The van der Waals surface area contributed by atoms with Gasteiger partial charge in [-0.05, 0) is 17.9 Å². The molecule has 0 saturated heterocycles. The minimum absolute atomic E-state index is 0.0544. The van der Waals surface area contributed by atoms with Crippen molar-refractivity contribution < 1.29 is 4.79 Å². The summed E-state index contributed by atoms with van der Waals surface area (Å²) < 4.78 is 0. The van der Waals surface area contributed by atoms with Gasteiger partial charge in [0.1, 0.15) is 5.92 Å². The van der Waals surface area contributed by atoms with Crippen LogP contribution in [0.4, 0.5) is 0 Å². The summed E-state index contributed by atoms with van der Waals surface area (Å²) in [4.78, 5) is 11.5. The van der Waals surface area contributed by atoms with Crippen LogP contribution >= 0.6 is 11.3 Å². The normalized spacial score (nSPS) is 12.0. The maximum absolute atomic E-state index is 11.5. The van der Waals surface area contributed by atoms with Crippen LogP contribution in [0.1, 0.15) is 23.7 Å². The van der Waals surface area contributed by atoms with E-state index >= 15 is 0 Å². The highest BCUT2D eigenvalue weighted by atomic mass is 32.1. The predicted octanol–water partition coefficient (Wildman–Crippen LogP) is 2.48. The molecule has 0 saturated carbocycles. The van der Waals surface area contributed by atoms with E-state index in [4.69, 9.17) is 5.26 Å². The predicted molar refractivity (Wildman–Crippen MR) is 48.0 cm³/mol. The average molecular weight is 179 g/mol. The van der Waals surface area contributed by atoms with Crippen molar-refractivity contribution >= 4 is 17.1 Å². The molecule has 1 heterocycles. The van der Waals surface area contributed by atoms with Crippen LogP contribution in [0.2, 0.25) is 0 Å². The molecule has 1 aromatic rings. The maximum atomic E-state index is 11.5. The molecule has 0 aliphatic heterocycles. The van der Waals surface area contributed by atoms with E-state index in [2.05, 4.69) is 0 Å². The van der Waals surface area contributed by atoms with Gasteiger partial charge in [-0.3, -0.25) is 4.79 Å². The lowest BCUT2D eigenvalue weighted by Crippen LogP contribution is -2.10. The molecule has 1 atom stereocenters. The molecule has 0 radical (unpaired) electrons. The molecular formula is C9H9NOS. The van der Waals surface area contributed by atoms with Crippen molar-refractivity contribution in [1.82, 2.24) is 0 Å². The first-order valence-corrected chi connectivity index (χ1v) is 4.70. The number of carbonyl (C=O) groups excluding carboxylic acids is 1. The molecule has 12 heavy (non-hydrogen) atoms. The highest BCUT2D eigenvalue weighted by Crippen LogP contribution is 2.14. The van der Waals surface area contributed by atoms with Crippen LogP contribution in [0.15, 0.2) is 16.8 Å². The average Bonchev–Trinajstić information content (AvgIpc) is 2.58. The fraction of sp³-hybridized carbons (Fsp3) is 0.333. The summed E-state index contributed by atoms with van der Waals surface area (Å²) in [6.45, 7) is 1.85. The van der Waals surface area contributed by atoms with E-state index in [1.807, 2.05) is 18.4 Å². The standard InChI is InChI=1S/C9H9NOS/c1-2-7(5-10)9(11)8-3-4-12-6-8/h3-4,6-7H,2H2,1H3/t7-/m1/s1. The van der Waals surface area contributed by atoms with Crippen molar-refractivity contribution in [2.75, 3.05) is 0 Å². The van der Waals surface area contributed by atoms with Crippen molar-refractivity contribution in [1.29, 1.82) is 5.26 Å². The molecule has 0 aliphatic carbocycles. The van der Waals surface area contributed by atoms with Gasteiger partial charge in [-0.25, -0.2) is 0 Å². The van der Waals surface area contributed by atoms with Crippen molar-refractivity contribution in [2.24, 2.45) is 5.92 Å². The summed E-state index contributed by atoms with van der Waals surface area (Å²) in [5.74, 6) is -0.527. The van der Waals surface area contributed by atoms with Crippen LogP contribution in [-0.4, -0.2) is 5.78 Å². The minimum Gasteiger partial charge on any atom is -0.293 e. The van der Waals surface area contributed by atoms with Gasteiger partial charge in [0.25, 0.3) is 0 Å². The van der Waals surface area contributed by atoms with E-state index in [9.17, 15) is 4.79 Å². The van der Waals surface area contributed by atoms with E-state index in [0.717, 1.165) is 0 Å². The number of carbonyl (C=O) groups is 1. The molecule has 1 rings (SSSR count). The highest BCUT2D eigenvalue weighted by Gasteiger charge is 2.17. The Morgan fingerprint density at radius 2 is 2.58 bits per heavy atom. The Morgan fingerprint density at radius 1 is 1.83 bits per heavy atom. The van der Waals surface area contributed by atoms with Crippen LogP contribution in [0.5, 0.6) is 0 Å². The molecular weight excluding hydrogens is 170 g/mol. The third kappa shape index (κ3) is 1.72. The number of nitriles is 1. The number of thiophene rings is 1. The SMILES string of the molecule is CC[C@H](C#N)C(=O)c1ccsc1. The number of nitrogens with zero attached hydrogens (tertiary/aromatic N) is 1. The molecule has 0 spiro atoms. The summed E-state index contributed by atoms with van der Waals surface area (Å²) in [6, 6.07) is 3.75. The molecule has 0 bridgehead atoms. The zero-order valence-electron chi connectivity index (χ0n) is 6.78. The van der Waals surface area contributed by atoms with Gasteiger partial charge >= 0.3 is 0 Å². The molecule has 0 aromatic carbocycles. The third-order valence-electron chi connectivity index (χ3n) is 1.69. The fourth-order valence-electron chi connectivity index (χ4n) is 0.941. The summed E-state index contributed by atoms with van der Waals surface area (Å²) in [5.41, 5.74) is 0.661. The van der Waals surface area contributed by atoms with E-state index < -0.39 is 5.92 Å². The van der Waals surface area contributed by atoms with E-state index in [0.29, 0.717) is 12.0 Å². The minimum atomic E-state index is -0.473. The molecule has 2 nitrogen and oxygen atoms in total. The van der Waals surface area contributed by atoms with Gasteiger partial charge in [-0.2, -0.15) is 16.6 Å². The summed E-state index contributed by atoms with van der Waals surface area (Å²) in [7, 11) is 0. The molecule has 0 fully saturated rings. The zero-order valence-corrected chi connectivity index (χ0v) is 7.60. The van der Waals surface area contributed by atoms with E-state index in [-0.39, 0.29) is 5.78 Å². The Balaban J connectivity index is 2.79. The highest BCUT2D eigenvalue weighted by molar-refractivity contribution is 7.08. The van der Waals surface area contributed by atoms with Crippen LogP contribution in [0.3, 0.4) is 0 Å². The number of ketones is 1. The van der Waals surface area contributed by atoms with Crippen molar-refractivity contribution in [3.8, 4) is 6.07 Å². The maximum Gasteiger partial charge on any atom is 0.180 e. The molecule has 3 heteroatoms. The van der Waals surface area contributed by atoms with Gasteiger partial charge in [0.05, 0.1) is 6.07 Å². The van der Waals surface area contributed by atoms with Gasteiger partial charge in [0.15, 0.2) is 5.78 Å². The molecule has 0 amide bonds. The summed E-state index contributed by atoms with van der Waals surface area (Å²) in [6.07, 6.45) is 0.588. The first-order valence-electron chi connectivity index (χ1n) is 3.75. The quantitative estimate of drug-likeness (QED) is 0.669. The van der Waals surface area contributed by atoms with Crippen LogP contribution in [0.25, 0.3) is 0 Å². The smallest absolute Gasteiger partial charge is 0.180 e. The summed E-state index contributed by atoms with van der Waals surface area (Å²) >= 11 is 1.48. The van der Waals surface area contributed by atoms with Gasteiger partial charge in [0, 0.05) is 10.9 Å². The molecule has 1 aromatic heterocycles. The topological polar surface area (TPSA) is 40.9 Å². The van der Waals surface area contributed by atoms with E-state index in [1.165, 1.54) is 11.3 Å². The molecule has 0 unspecified atom stereocenters. The largest absolute Gasteiger partial charge is 0.293 e. The molecule has 62 valence electrons. The van der Waals surface area contributed by atoms with Crippen molar-refractivity contribution in [2.45, 2.75) is 13.3 Å². The Hall–Kier alpha value is -1.14. The zero-order chi connectivity index (χ0) is 8.97.